The summed E-state index contributed by atoms with van der Waals surface area (Å²) in [5, 5.41) is 5.17. The van der Waals surface area contributed by atoms with E-state index in [1.165, 1.54) is 0 Å². The molecular formula is C8H11NOS. The van der Waals surface area contributed by atoms with E-state index in [0.29, 0.717) is 0 Å². The Balaban J connectivity index is 2.85. The molecule has 0 radical (unpaired) electrons. The van der Waals surface area contributed by atoms with Gasteiger partial charge in [-0.25, -0.2) is 4.21 Å². The summed E-state index contributed by atoms with van der Waals surface area (Å²) in [4.78, 5) is 0. The Bertz CT molecular complexity index is 248. The van der Waals surface area contributed by atoms with Gasteiger partial charge in [-0.2, -0.15) is 0 Å². The van der Waals surface area contributed by atoms with Crippen molar-refractivity contribution in [1.29, 1.82) is 0 Å². The van der Waals surface area contributed by atoms with Crippen LogP contribution in [0.5, 0.6) is 0 Å². The lowest BCUT2D eigenvalue weighted by molar-refractivity contribution is 0.677. The van der Waals surface area contributed by atoms with Gasteiger partial charge in [-0.1, -0.05) is 30.3 Å². The van der Waals surface area contributed by atoms with Gasteiger partial charge >= 0.3 is 0 Å². The van der Waals surface area contributed by atoms with Crippen molar-refractivity contribution in [3.05, 3.63) is 35.9 Å². The second kappa shape index (κ2) is 3.64. The molecule has 0 fully saturated rings. The molecule has 0 spiro atoms. The van der Waals surface area contributed by atoms with Crippen LogP contribution in [-0.2, 0) is 11.0 Å². The quantitative estimate of drug-likeness (QED) is 0.714. The average Bonchev–Trinajstić information content (AvgIpc) is 2.05. The molecule has 1 aromatic rings. The first-order valence-corrected chi connectivity index (χ1v) is 4.69. The summed E-state index contributed by atoms with van der Waals surface area (Å²) in [6.45, 7) is 1.85. The van der Waals surface area contributed by atoms with Gasteiger partial charge in [0, 0.05) is 0 Å². The predicted molar refractivity (Wildman–Crippen MR) is 47.2 cm³/mol. The van der Waals surface area contributed by atoms with Gasteiger partial charge in [-0.05, 0) is 12.5 Å². The Morgan fingerprint density at radius 2 is 1.91 bits per heavy atom. The Morgan fingerprint density at radius 1 is 1.36 bits per heavy atom. The summed E-state index contributed by atoms with van der Waals surface area (Å²) < 4.78 is 10.8. The fraction of sp³-hybridized carbons (Fsp3) is 0.250. The van der Waals surface area contributed by atoms with Crippen molar-refractivity contribution in [1.82, 2.24) is 0 Å². The van der Waals surface area contributed by atoms with E-state index < -0.39 is 11.0 Å². The molecule has 0 aliphatic heterocycles. The summed E-state index contributed by atoms with van der Waals surface area (Å²) in [6, 6.07) is 9.61. The van der Waals surface area contributed by atoms with Crippen molar-refractivity contribution >= 4 is 11.0 Å². The minimum absolute atomic E-state index is 0.0730. The molecule has 1 rings (SSSR count). The number of benzene rings is 1. The molecule has 0 aliphatic carbocycles. The van der Waals surface area contributed by atoms with Crippen LogP contribution < -0.4 is 5.14 Å². The van der Waals surface area contributed by atoms with Gasteiger partial charge in [0.1, 0.15) is 0 Å². The second-order valence-corrected chi connectivity index (χ2v) is 3.75. The molecule has 2 atom stereocenters. The van der Waals surface area contributed by atoms with Crippen molar-refractivity contribution in [3.8, 4) is 0 Å². The number of rotatable bonds is 2. The fourth-order valence-corrected chi connectivity index (χ4v) is 1.28. The first-order chi connectivity index (χ1) is 5.22. The minimum atomic E-state index is -1.26. The van der Waals surface area contributed by atoms with Crippen molar-refractivity contribution in [2.75, 3.05) is 0 Å². The molecule has 1 aromatic carbocycles. The van der Waals surface area contributed by atoms with Crippen LogP contribution in [0.1, 0.15) is 17.7 Å². The Morgan fingerprint density at radius 3 is 2.36 bits per heavy atom. The van der Waals surface area contributed by atoms with E-state index in [9.17, 15) is 4.21 Å². The molecule has 3 heteroatoms. The molecular weight excluding hydrogens is 158 g/mol. The summed E-state index contributed by atoms with van der Waals surface area (Å²) in [5.41, 5.74) is 1.02. The van der Waals surface area contributed by atoms with Crippen LogP contribution in [0.3, 0.4) is 0 Å². The maximum Gasteiger partial charge on any atom is 0.0962 e. The van der Waals surface area contributed by atoms with E-state index in [-0.39, 0.29) is 5.25 Å². The van der Waals surface area contributed by atoms with E-state index in [2.05, 4.69) is 0 Å². The van der Waals surface area contributed by atoms with E-state index in [4.69, 9.17) is 5.14 Å². The molecule has 11 heavy (non-hydrogen) atoms. The lowest BCUT2D eigenvalue weighted by atomic mass is 10.2. The molecule has 2 N–H and O–H groups in total. The topological polar surface area (TPSA) is 43.1 Å². The summed E-state index contributed by atoms with van der Waals surface area (Å²) >= 11 is 0. The predicted octanol–water partition coefficient (Wildman–Crippen LogP) is 1.37. The first kappa shape index (κ1) is 8.43. The Labute approximate surface area is 69.0 Å². The van der Waals surface area contributed by atoms with Crippen LogP contribution in [0.25, 0.3) is 0 Å². The lowest BCUT2D eigenvalue weighted by Gasteiger charge is -2.06. The maximum atomic E-state index is 10.8. The monoisotopic (exact) mass is 169 g/mol. The number of hydrogen-bond donors (Lipinski definition) is 1. The molecule has 0 aliphatic rings. The maximum absolute atomic E-state index is 10.8. The van der Waals surface area contributed by atoms with Crippen molar-refractivity contribution in [3.63, 3.8) is 0 Å². The molecule has 2 nitrogen and oxygen atoms in total. The van der Waals surface area contributed by atoms with Gasteiger partial charge in [0.2, 0.25) is 0 Å². The molecule has 0 heterocycles. The SMILES string of the molecule is C[C@@H](c1ccccc1)[S@](N)=O. The standard InChI is InChI=1S/C8H11NOS/c1-7(11(9)10)8-5-3-2-4-6-8/h2-7H,9H2,1H3/t7-,11+/m0/s1. The third-order valence-corrected chi connectivity index (χ3v) is 2.59. The summed E-state index contributed by atoms with van der Waals surface area (Å²) in [6.07, 6.45) is 0. The summed E-state index contributed by atoms with van der Waals surface area (Å²) in [7, 11) is -1.26. The highest BCUT2D eigenvalue weighted by Gasteiger charge is 2.07. The first-order valence-electron chi connectivity index (χ1n) is 3.41. The van der Waals surface area contributed by atoms with Crippen LogP contribution in [0, 0.1) is 0 Å². The van der Waals surface area contributed by atoms with Gasteiger partial charge in [0.25, 0.3) is 0 Å². The van der Waals surface area contributed by atoms with Gasteiger partial charge in [-0.15, -0.1) is 0 Å². The number of hydrogen-bond acceptors (Lipinski definition) is 1. The van der Waals surface area contributed by atoms with Crippen LogP contribution in [0.2, 0.25) is 0 Å². The molecule has 0 saturated carbocycles. The zero-order valence-corrected chi connectivity index (χ0v) is 7.17. The van der Waals surface area contributed by atoms with Crippen molar-refractivity contribution < 1.29 is 4.21 Å². The van der Waals surface area contributed by atoms with Crippen LogP contribution in [-0.4, -0.2) is 4.21 Å². The average molecular weight is 169 g/mol. The van der Waals surface area contributed by atoms with E-state index in [1.54, 1.807) is 0 Å². The van der Waals surface area contributed by atoms with Gasteiger partial charge in [-0.3, -0.25) is 5.14 Å². The zero-order valence-electron chi connectivity index (χ0n) is 6.36. The molecule has 0 amide bonds. The van der Waals surface area contributed by atoms with E-state index >= 15 is 0 Å². The Kier molecular flexibility index (Phi) is 2.79. The highest BCUT2D eigenvalue weighted by atomic mass is 32.2. The van der Waals surface area contributed by atoms with Gasteiger partial charge < -0.3 is 0 Å². The third kappa shape index (κ3) is 2.13. The fourth-order valence-electron chi connectivity index (χ4n) is 0.858. The van der Waals surface area contributed by atoms with E-state index in [1.807, 2.05) is 37.3 Å². The highest BCUT2D eigenvalue weighted by Crippen LogP contribution is 2.15. The zero-order chi connectivity index (χ0) is 8.27. The van der Waals surface area contributed by atoms with Crippen molar-refractivity contribution in [2.24, 2.45) is 5.14 Å². The van der Waals surface area contributed by atoms with Gasteiger partial charge in [0.15, 0.2) is 0 Å². The third-order valence-electron chi connectivity index (χ3n) is 1.62. The number of nitrogens with two attached hydrogens (primary N) is 1. The Hall–Kier alpha value is -0.670. The largest absolute Gasteiger partial charge is 0.251 e. The molecule has 0 aromatic heterocycles. The lowest BCUT2D eigenvalue weighted by Crippen LogP contribution is -2.10. The molecule has 0 bridgehead atoms. The van der Waals surface area contributed by atoms with Crippen LogP contribution in [0.4, 0.5) is 0 Å². The van der Waals surface area contributed by atoms with Gasteiger partial charge in [0.05, 0.1) is 16.2 Å². The normalized spacial score (nSPS) is 15.8. The molecule has 60 valence electrons. The summed E-state index contributed by atoms with van der Waals surface area (Å²) in [5.74, 6) is 0. The minimum Gasteiger partial charge on any atom is -0.251 e. The molecule has 0 unspecified atom stereocenters. The highest BCUT2D eigenvalue weighted by molar-refractivity contribution is 7.82. The van der Waals surface area contributed by atoms with Crippen LogP contribution in [0.15, 0.2) is 30.3 Å². The van der Waals surface area contributed by atoms with E-state index in [0.717, 1.165) is 5.56 Å². The molecule has 0 saturated heterocycles. The van der Waals surface area contributed by atoms with Crippen LogP contribution >= 0.6 is 0 Å². The smallest absolute Gasteiger partial charge is 0.0962 e. The van der Waals surface area contributed by atoms with Crippen molar-refractivity contribution in [2.45, 2.75) is 12.2 Å². The second-order valence-electron chi connectivity index (χ2n) is 2.38.